The normalized spacial score (nSPS) is 17.4. The minimum atomic E-state index is -0.747. The van der Waals surface area contributed by atoms with Gasteiger partial charge < -0.3 is 14.8 Å². The zero-order valence-corrected chi connectivity index (χ0v) is 19.2. The van der Waals surface area contributed by atoms with Crippen LogP contribution in [0.2, 0.25) is 0 Å². The Morgan fingerprint density at radius 3 is 2.29 bits per heavy atom. The van der Waals surface area contributed by atoms with Crippen LogP contribution in [0.15, 0.2) is 35.1 Å². The predicted molar refractivity (Wildman–Crippen MR) is 123 cm³/mol. The Hall–Kier alpha value is -4.02. The van der Waals surface area contributed by atoms with Crippen LogP contribution in [-0.2, 0) is 21.3 Å². The van der Waals surface area contributed by atoms with Crippen molar-refractivity contribution < 1.29 is 23.9 Å². The van der Waals surface area contributed by atoms with Gasteiger partial charge in [0.25, 0.3) is 11.5 Å². The van der Waals surface area contributed by atoms with Gasteiger partial charge in [-0.1, -0.05) is 24.3 Å². The predicted octanol–water partition coefficient (Wildman–Crippen LogP) is 1.59. The number of esters is 1. The lowest BCUT2D eigenvalue weighted by atomic mass is 9.86. The van der Waals surface area contributed by atoms with E-state index in [4.69, 9.17) is 10.1 Å². The summed E-state index contributed by atoms with van der Waals surface area (Å²) in [4.78, 5) is 48.5. The first-order valence-corrected chi connectivity index (χ1v) is 10.7. The zero-order valence-electron chi connectivity index (χ0n) is 19.2. The lowest BCUT2D eigenvalue weighted by molar-refractivity contribution is -0.146. The minimum Gasteiger partial charge on any atom is -0.469 e. The number of nitrogens with one attached hydrogen (secondary N) is 3. The average molecular weight is 469 g/mol. The topological polar surface area (TPSA) is 152 Å². The molecule has 0 radical (unpaired) electrons. The molecule has 3 rings (SSSR count). The van der Waals surface area contributed by atoms with Gasteiger partial charge in [-0.15, -0.1) is 0 Å². The standard InChI is InChI=1S/C23H27N5O6/c1-28-21(30)17(20(29)25-16-10-8-15(9-11-16)22(31)33-2)12-18(27-28)13-4-6-14(7-5-13)19(24)26-23(32)34-3/h4-7,12,15-16H,8-11H2,1-3H3,(H,25,29)(H2,24,26,32)/t15-,16+. The molecule has 1 aliphatic carbocycles. The molecule has 0 unspecified atom stereocenters. The van der Waals surface area contributed by atoms with E-state index in [9.17, 15) is 19.2 Å². The van der Waals surface area contributed by atoms with Crippen LogP contribution < -0.4 is 16.2 Å². The number of nitrogens with zero attached hydrogens (tertiary/aromatic N) is 2. The Morgan fingerprint density at radius 1 is 1.06 bits per heavy atom. The summed E-state index contributed by atoms with van der Waals surface area (Å²) < 4.78 is 10.4. The summed E-state index contributed by atoms with van der Waals surface area (Å²) in [6.45, 7) is 0. The molecule has 180 valence electrons. The van der Waals surface area contributed by atoms with Crippen LogP contribution in [0.3, 0.4) is 0 Å². The highest BCUT2D eigenvalue weighted by Gasteiger charge is 2.28. The van der Waals surface area contributed by atoms with E-state index >= 15 is 0 Å². The van der Waals surface area contributed by atoms with Gasteiger partial charge in [0, 0.05) is 24.2 Å². The summed E-state index contributed by atoms with van der Waals surface area (Å²) in [5.74, 6) is -1.02. The van der Waals surface area contributed by atoms with Crippen molar-refractivity contribution in [1.82, 2.24) is 20.4 Å². The molecule has 0 atom stereocenters. The summed E-state index contributed by atoms with van der Waals surface area (Å²) in [7, 11) is 4.04. The number of ether oxygens (including phenoxy) is 2. The van der Waals surface area contributed by atoms with E-state index in [1.165, 1.54) is 27.3 Å². The maximum absolute atomic E-state index is 12.9. The van der Waals surface area contributed by atoms with Gasteiger partial charge in [0.15, 0.2) is 0 Å². The van der Waals surface area contributed by atoms with Crippen molar-refractivity contribution in [2.24, 2.45) is 13.0 Å². The Labute approximate surface area is 196 Å². The number of benzene rings is 1. The molecule has 34 heavy (non-hydrogen) atoms. The van der Waals surface area contributed by atoms with Crippen LogP contribution >= 0.6 is 0 Å². The lowest BCUT2D eigenvalue weighted by Crippen LogP contribution is -2.41. The number of hydrogen-bond donors (Lipinski definition) is 3. The van der Waals surface area contributed by atoms with E-state index in [1.54, 1.807) is 24.3 Å². The van der Waals surface area contributed by atoms with Crippen molar-refractivity contribution in [2.45, 2.75) is 31.7 Å². The minimum absolute atomic E-state index is 0.0354. The largest absolute Gasteiger partial charge is 0.469 e. The van der Waals surface area contributed by atoms with E-state index in [2.05, 4.69) is 20.5 Å². The fourth-order valence-corrected chi connectivity index (χ4v) is 3.85. The molecule has 11 heteroatoms. The Balaban J connectivity index is 1.74. The van der Waals surface area contributed by atoms with E-state index in [0.29, 0.717) is 42.5 Å². The van der Waals surface area contributed by atoms with E-state index in [1.807, 2.05) is 0 Å². The van der Waals surface area contributed by atoms with Crippen molar-refractivity contribution in [2.75, 3.05) is 14.2 Å². The third kappa shape index (κ3) is 5.66. The number of hydrogen-bond acceptors (Lipinski definition) is 8. The highest BCUT2D eigenvalue weighted by atomic mass is 16.5. The van der Waals surface area contributed by atoms with Gasteiger partial charge in [0.2, 0.25) is 0 Å². The van der Waals surface area contributed by atoms with Crippen LogP contribution in [0.4, 0.5) is 4.79 Å². The number of aryl methyl sites for hydroxylation is 1. The molecule has 1 aliphatic rings. The molecule has 1 saturated carbocycles. The molecule has 2 aromatic rings. The van der Waals surface area contributed by atoms with Crippen molar-refractivity contribution in [3.8, 4) is 11.3 Å². The fourth-order valence-electron chi connectivity index (χ4n) is 3.85. The van der Waals surface area contributed by atoms with Crippen LogP contribution in [0.5, 0.6) is 0 Å². The monoisotopic (exact) mass is 469 g/mol. The summed E-state index contributed by atoms with van der Waals surface area (Å²) in [6.07, 6.45) is 1.73. The third-order valence-corrected chi connectivity index (χ3v) is 5.79. The zero-order chi connectivity index (χ0) is 24.8. The van der Waals surface area contributed by atoms with Gasteiger partial charge in [-0.25, -0.2) is 9.48 Å². The average Bonchev–Trinajstić information content (AvgIpc) is 2.85. The summed E-state index contributed by atoms with van der Waals surface area (Å²) in [6, 6.07) is 7.86. The molecule has 0 aliphatic heterocycles. The van der Waals surface area contributed by atoms with Crippen molar-refractivity contribution in [3.63, 3.8) is 0 Å². The van der Waals surface area contributed by atoms with Crippen LogP contribution in [-0.4, -0.2) is 53.8 Å². The number of methoxy groups -OCH3 is 2. The summed E-state index contributed by atoms with van der Waals surface area (Å²) >= 11 is 0. The molecular weight excluding hydrogens is 442 g/mol. The molecule has 2 amide bonds. The fraction of sp³-hybridized carbons (Fsp3) is 0.391. The molecule has 1 heterocycles. The smallest absolute Gasteiger partial charge is 0.412 e. The van der Waals surface area contributed by atoms with Gasteiger partial charge in [0.05, 0.1) is 25.8 Å². The lowest BCUT2D eigenvalue weighted by Gasteiger charge is -2.27. The SMILES string of the molecule is COC(=O)NC(=N)c1ccc(-c2cc(C(=O)N[C@H]3CC[C@@H](C(=O)OC)CC3)c(=O)n(C)n2)cc1. The van der Waals surface area contributed by atoms with E-state index in [0.717, 1.165) is 4.68 Å². The number of amidine groups is 1. The molecule has 1 fully saturated rings. The van der Waals surface area contributed by atoms with Gasteiger partial charge in [-0.05, 0) is 31.7 Å². The number of amides is 2. The highest BCUT2D eigenvalue weighted by molar-refractivity contribution is 6.04. The van der Waals surface area contributed by atoms with Gasteiger partial charge in [-0.2, -0.15) is 5.10 Å². The van der Waals surface area contributed by atoms with Gasteiger partial charge in [-0.3, -0.25) is 25.1 Å². The van der Waals surface area contributed by atoms with Gasteiger partial charge >= 0.3 is 12.1 Å². The molecule has 1 aromatic heterocycles. The molecule has 0 bridgehead atoms. The Bertz CT molecular complexity index is 1150. The van der Waals surface area contributed by atoms with Crippen LogP contribution in [0, 0.1) is 11.3 Å². The first kappa shape index (κ1) is 24.6. The highest BCUT2D eigenvalue weighted by Crippen LogP contribution is 2.25. The number of carbonyl (C=O) groups is 3. The number of carbonyl (C=O) groups excluding carboxylic acids is 3. The number of aromatic nitrogens is 2. The molecule has 1 aromatic carbocycles. The second-order valence-corrected chi connectivity index (χ2v) is 7.99. The van der Waals surface area contributed by atoms with Crippen molar-refractivity contribution in [3.05, 3.63) is 51.8 Å². The number of rotatable bonds is 5. The molecule has 3 N–H and O–H groups in total. The Kier molecular flexibility index (Phi) is 7.77. The van der Waals surface area contributed by atoms with Crippen LogP contribution in [0.25, 0.3) is 11.3 Å². The Morgan fingerprint density at radius 2 is 1.71 bits per heavy atom. The molecule has 11 nitrogen and oxygen atoms in total. The van der Waals surface area contributed by atoms with Crippen molar-refractivity contribution in [1.29, 1.82) is 5.41 Å². The third-order valence-electron chi connectivity index (χ3n) is 5.79. The van der Waals surface area contributed by atoms with Crippen LogP contribution in [0.1, 0.15) is 41.6 Å². The number of alkyl carbamates (subject to hydrolysis) is 1. The molecule has 0 spiro atoms. The molecule has 0 saturated heterocycles. The second-order valence-electron chi connectivity index (χ2n) is 7.99. The maximum atomic E-state index is 12.9. The maximum Gasteiger partial charge on any atom is 0.412 e. The summed E-state index contributed by atoms with van der Waals surface area (Å²) in [5, 5.41) is 17.3. The van der Waals surface area contributed by atoms with E-state index < -0.39 is 17.6 Å². The summed E-state index contributed by atoms with van der Waals surface area (Å²) in [5.41, 5.74) is 0.912. The van der Waals surface area contributed by atoms with Gasteiger partial charge in [0.1, 0.15) is 11.4 Å². The first-order chi connectivity index (χ1) is 16.2. The van der Waals surface area contributed by atoms with Crippen molar-refractivity contribution >= 4 is 23.8 Å². The van der Waals surface area contributed by atoms with E-state index in [-0.39, 0.29) is 29.3 Å². The second kappa shape index (κ2) is 10.7. The first-order valence-electron chi connectivity index (χ1n) is 10.7. The quantitative estimate of drug-likeness (QED) is 0.341. The molecular formula is C23H27N5O6.